The van der Waals surface area contributed by atoms with Gasteiger partial charge in [0.15, 0.2) is 0 Å². The first-order valence-corrected chi connectivity index (χ1v) is 11.5. The summed E-state index contributed by atoms with van der Waals surface area (Å²) < 4.78 is 7.39. The number of nitrogens with zero attached hydrogens (tertiary/aromatic N) is 5. The van der Waals surface area contributed by atoms with Crippen LogP contribution in [0.25, 0.3) is 0 Å². The summed E-state index contributed by atoms with van der Waals surface area (Å²) >= 11 is 0. The number of hydrogen-bond donors (Lipinski definition) is 0. The first kappa shape index (κ1) is 20.9. The van der Waals surface area contributed by atoms with Crippen molar-refractivity contribution in [3.63, 3.8) is 0 Å². The summed E-state index contributed by atoms with van der Waals surface area (Å²) in [7, 11) is 0. The maximum absolute atomic E-state index is 14.1. The van der Waals surface area contributed by atoms with Crippen molar-refractivity contribution in [1.29, 1.82) is 0 Å². The molecular formula is C25H31N5O2. The number of carbonyl (C=O) groups is 1. The average molecular weight is 434 g/mol. The van der Waals surface area contributed by atoms with E-state index < -0.39 is 5.41 Å². The normalized spacial score (nSPS) is 24.2. The van der Waals surface area contributed by atoms with E-state index in [2.05, 4.69) is 39.6 Å². The molecule has 0 N–H and O–H groups in total. The van der Waals surface area contributed by atoms with Crippen LogP contribution in [0.3, 0.4) is 0 Å². The minimum Gasteiger partial charge on any atom is -0.472 e. The van der Waals surface area contributed by atoms with Crippen LogP contribution in [-0.2, 0) is 17.9 Å². The van der Waals surface area contributed by atoms with Crippen LogP contribution >= 0.6 is 0 Å². The lowest BCUT2D eigenvalue weighted by Gasteiger charge is -2.42. The molecular weight excluding hydrogens is 402 g/mol. The van der Waals surface area contributed by atoms with E-state index >= 15 is 0 Å². The van der Waals surface area contributed by atoms with E-state index in [4.69, 9.17) is 4.42 Å². The molecule has 32 heavy (non-hydrogen) atoms. The summed E-state index contributed by atoms with van der Waals surface area (Å²) in [4.78, 5) is 22.8. The van der Waals surface area contributed by atoms with Gasteiger partial charge in [-0.15, -0.1) is 0 Å². The molecule has 2 aliphatic rings. The van der Waals surface area contributed by atoms with E-state index in [9.17, 15) is 4.79 Å². The molecule has 0 aromatic carbocycles. The maximum Gasteiger partial charge on any atom is 0.231 e. The number of piperidine rings is 1. The third-order valence-electron chi connectivity index (χ3n) is 7.01. The molecule has 2 saturated heterocycles. The minimum atomic E-state index is -0.434. The largest absolute Gasteiger partial charge is 0.472 e. The summed E-state index contributed by atoms with van der Waals surface area (Å²) in [5.41, 5.74) is 2.96. The molecule has 2 atom stereocenters. The molecule has 5 rings (SSSR count). The number of pyridine rings is 1. The zero-order valence-corrected chi connectivity index (χ0v) is 18.9. The molecule has 1 amide bonds. The number of furan rings is 1. The summed E-state index contributed by atoms with van der Waals surface area (Å²) in [5, 5.41) is 4.60. The number of carbonyl (C=O) groups excluding carboxylic acids is 1. The lowest BCUT2D eigenvalue weighted by atomic mass is 9.70. The Hall–Kier alpha value is -2.93. The minimum absolute atomic E-state index is 0.114. The topological polar surface area (TPSA) is 67.4 Å². The van der Waals surface area contributed by atoms with Crippen molar-refractivity contribution < 1.29 is 9.21 Å². The Labute approximate surface area is 189 Å². The van der Waals surface area contributed by atoms with Crippen molar-refractivity contribution in [2.45, 2.75) is 51.7 Å². The SMILES string of the molecule is CC(C)n1nccc1[C@H]1CN(Cc2ccoc2)C[C@]12CCCN(Cc1cccnc1)C2=O. The fraction of sp³-hybridized carbons (Fsp3) is 0.480. The third-order valence-corrected chi connectivity index (χ3v) is 7.01. The van der Waals surface area contributed by atoms with Crippen LogP contribution in [0, 0.1) is 5.41 Å². The maximum atomic E-state index is 14.1. The number of hydrogen-bond acceptors (Lipinski definition) is 5. The van der Waals surface area contributed by atoms with Crippen molar-refractivity contribution in [2.75, 3.05) is 19.6 Å². The number of rotatable bonds is 6. The quantitative estimate of drug-likeness (QED) is 0.591. The predicted molar refractivity (Wildman–Crippen MR) is 121 cm³/mol. The first-order chi connectivity index (χ1) is 15.6. The molecule has 0 bridgehead atoms. The van der Waals surface area contributed by atoms with Gasteiger partial charge in [-0.05, 0) is 50.5 Å². The molecule has 3 aromatic rings. The Morgan fingerprint density at radius 1 is 1.19 bits per heavy atom. The molecule has 5 heterocycles. The fourth-order valence-electron chi connectivity index (χ4n) is 5.62. The summed E-state index contributed by atoms with van der Waals surface area (Å²) in [6, 6.07) is 8.36. The van der Waals surface area contributed by atoms with Gasteiger partial charge in [0.05, 0.1) is 17.9 Å². The van der Waals surface area contributed by atoms with Crippen LogP contribution in [0.2, 0.25) is 0 Å². The van der Waals surface area contributed by atoms with Gasteiger partial charge >= 0.3 is 0 Å². The van der Waals surface area contributed by atoms with Crippen LogP contribution in [0.15, 0.2) is 59.8 Å². The second-order valence-electron chi connectivity index (χ2n) is 9.50. The molecule has 3 aromatic heterocycles. The van der Waals surface area contributed by atoms with Gasteiger partial charge < -0.3 is 9.32 Å². The molecule has 7 heteroatoms. The number of amides is 1. The highest BCUT2D eigenvalue weighted by Gasteiger charge is 2.56. The predicted octanol–water partition coefficient (Wildman–Crippen LogP) is 3.86. The first-order valence-electron chi connectivity index (χ1n) is 11.5. The van der Waals surface area contributed by atoms with Crippen LogP contribution in [0.4, 0.5) is 0 Å². The van der Waals surface area contributed by atoms with Gasteiger partial charge in [0.2, 0.25) is 5.91 Å². The van der Waals surface area contributed by atoms with Crippen LogP contribution in [0.5, 0.6) is 0 Å². The molecule has 2 fully saturated rings. The van der Waals surface area contributed by atoms with Gasteiger partial charge in [0.1, 0.15) is 0 Å². The van der Waals surface area contributed by atoms with Crippen molar-refractivity contribution in [1.82, 2.24) is 24.6 Å². The van der Waals surface area contributed by atoms with Crippen molar-refractivity contribution in [2.24, 2.45) is 5.41 Å². The monoisotopic (exact) mass is 433 g/mol. The Bertz CT molecular complexity index is 1050. The average Bonchev–Trinajstić information content (AvgIpc) is 3.53. The number of aromatic nitrogens is 3. The van der Waals surface area contributed by atoms with Crippen molar-refractivity contribution in [3.8, 4) is 0 Å². The van der Waals surface area contributed by atoms with Gasteiger partial charge in [-0.2, -0.15) is 5.10 Å². The smallest absolute Gasteiger partial charge is 0.231 e. The molecule has 0 aliphatic carbocycles. The number of likely N-dealkylation sites (tertiary alicyclic amines) is 2. The summed E-state index contributed by atoms with van der Waals surface area (Å²) in [5.74, 6) is 0.382. The molecule has 1 spiro atoms. The van der Waals surface area contributed by atoms with Gasteiger partial charge in [-0.1, -0.05) is 6.07 Å². The zero-order chi connectivity index (χ0) is 22.1. The van der Waals surface area contributed by atoms with Gasteiger partial charge in [-0.3, -0.25) is 19.4 Å². The molecule has 2 aliphatic heterocycles. The van der Waals surface area contributed by atoms with E-state index in [1.807, 2.05) is 35.5 Å². The van der Waals surface area contributed by atoms with E-state index in [0.717, 1.165) is 50.1 Å². The summed E-state index contributed by atoms with van der Waals surface area (Å²) in [6.45, 7) is 8.11. The van der Waals surface area contributed by atoms with E-state index in [-0.39, 0.29) is 17.9 Å². The summed E-state index contributed by atoms with van der Waals surface area (Å²) in [6.07, 6.45) is 11.0. The van der Waals surface area contributed by atoms with Crippen molar-refractivity contribution in [3.05, 3.63) is 72.2 Å². The standard InChI is InChI=1S/C25H31N5O2/c1-19(2)30-23(6-10-27-30)22-16-28(14-21-7-12-32-17-21)18-25(22)8-4-11-29(24(25)31)15-20-5-3-9-26-13-20/h3,5-7,9-10,12-13,17,19,22H,4,8,11,14-16,18H2,1-2H3/t22-,25-/m1/s1. The van der Waals surface area contributed by atoms with Crippen LogP contribution in [-0.4, -0.2) is 50.1 Å². The van der Waals surface area contributed by atoms with Gasteiger partial charge in [0.25, 0.3) is 0 Å². The van der Waals surface area contributed by atoms with Gasteiger partial charge in [-0.25, -0.2) is 0 Å². The molecule has 7 nitrogen and oxygen atoms in total. The second-order valence-corrected chi connectivity index (χ2v) is 9.50. The lowest BCUT2D eigenvalue weighted by molar-refractivity contribution is -0.147. The van der Waals surface area contributed by atoms with Crippen molar-refractivity contribution >= 4 is 5.91 Å². The third kappa shape index (κ3) is 3.75. The van der Waals surface area contributed by atoms with Gasteiger partial charge in [0, 0.05) is 74.5 Å². The Balaban J connectivity index is 1.48. The Morgan fingerprint density at radius 3 is 2.84 bits per heavy atom. The molecule has 168 valence electrons. The van der Waals surface area contributed by atoms with Crippen LogP contribution in [0.1, 0.15) is 55.5 Å². The van der Waals surface area contributed by atoms with Crippen LogP contribution < -0.4 is 0 Å². The molecule has 0 radical (unpaired) electrons. The zero-order valence-electron chi connectivity index (χ0n) is 18.9. The Kier molecular flexibility index (Phi) is 5.59. The highest BCUT2D eigenvalue weighted by atomic mass is 16.3. The lowest BCUT2D eigenvalue weighted by Crippen LogP contribution is -2.52. The highest BCUT2D eigenvalue weighted by Crippen LogP contribution is 2.50. The van der Waals surface area contributed by atoms with E-state index in [1.54, 1.807) is 18.7 Å². The highest BCUT2D eigenvalue weighted by molar-refractivity contribution is 5.85. The van der Waals surface area contributed by atoms with E-state index in [1.165, 1.54) is 5.69 Å². The fourth-order valence-corrected chi connectivity index (χ4v) is 5.62. The molecule has 0 unspecified atom stereocenters. The Morgan fingerprint density at radius 2 is 2.09 bits per heavy atom. The van der Waals surface area contributed by atoms with E-state index in [0.29, 0.717) is 6.54 Å². The second kappa shape index (κ2) is 8.54. The molecule has 0 saturated carbocycles.